The maximum atomic E-state index is 11.6. The first-order chi connectivity index (χ1) is 7.94. The van der Waals surface area contributed by atoms with Crippen LogP contribution in [-0.4, -0.2) is 42.0 Å². The van der Waals surface area contributed by atoms with Crippen LogP contribution in [0.5, 0.6) is 0 Å². The second-order valence-corrected chi connectivity index (χ2v) is 6.35. The van der Waals surface area contributed by atoms with E-state index in [0.717, 1.165) is 19.1 Å². The molecular weight excluding hydrogens is 214 g/mol. The summed E-state index contributed by atoms with van der Waals surface area (Å²) in [5.74, 6) is 0.725. The molecule has 1 aliphatic heterocycles. The lowest BCUT2D eigenvalue weighted by Crippen LogP contribution is -2.40. The van der Waals surface area contributed by atoms with E-state index < -0.39 is 5.54 Å². The van der Waals surface area contributed by atoms with E-state index in [9.17, 15) is 4.79 Å². The Balaban J connectivity index is 1.63. The van der Waals surface area contributed by atoms with Crippen LogP contribution in [0.2, 0.25) is 0 Å². The van der Waals surface area contributed by atoms with Crippen molar-refractivity contribution >= 4 is 5.91 Å². The number of carbonyl (C=O) groups is 1. The molecule has 1 atom stereocenters. The Hall–Kier alpha value is -0.610. The SMILES string of the molecule is CC(C)(N)CC(=O)NCC1CCN(C2CC2)C1. The fraction of sp³-hybridized carbons (Fsp3) is 0.923. The Morgan fingerprint density at radius 2 is 2.12 bits per heavy atom. The molecule has 0 radical (unpaired) electrons. The highest BCUT2D eigenvalue weighted by Gasteiger charge is 2.34. The van der Waals surface area contributed by atoms with Crippen LogP contribution in [0.25, 0.3) is 0 Å². The van der Waals surface area contributed by atoms with E-state index in [1.54, 1.807) is 0 Å². The number of hydrogen-bond acceptors (Lipinski definition) is 3. The number of nitrogens with two attached hydrogens (primary N) is 1. The highest BCUT2D eigenvalue weighted by Crippen LogP contribution is 2.31. The summed E-state index contributed by atoms with van der Waals surface area (Å²) in [6, 6.07) is 0.860. The average molecular weight is 239 g/mol. The number of amides is 1. The molecule has 0 spiro atoms. The van der Waals surface area contributed by atoms with Gasteiger partial charge in [-0.2, -0.15) is 0 Å². The van der Waals surface area contributed by atoms with Gasteiger partial charge in [0.1, 0.15) is 0 Å². The van der Waals surface area contributed by atoms with E-state index in [4.69, 9.17) is 5.73 Å². The van der Waals surface area contributed by atoms with Crippen molar-refractivity contribution in [3.63, 3.8) is 0 Å². The van der Waals surface area contributed by atoms with Gasteiger partial charge in [0.05, 0.1) is 0 Å². The van der Waals surface area contributed by atoms with Gasteiger partial charge in [-0.15, -0.1) is 0 Å². The molecular formula is C13H25N3O. The Morgan fingerprint density at radius 3 is 2.71 bits per heavy atom. The predicted molar refractivity (Wildman–Crippen MR) is 68.6 cm³/mol. The van der Waals surface area contributed by atoms with Crippen LogP contribution in [0.3, 0.4) is 0 Å². The molecule has 4 heteroatoms. The summed E-state index contributed by atoms with van der Waals surface area (Å²) >= 11 is 0. The lowest BCUT2D eigenvalue weighted by atomic mass is 10.0. The Bertz CT molecular complexity index is 281. The highest BCUT2D eigenvalue weighted by atomic mass is 16.1. The van der Waals surface area contributed by atoms with Crippen molar-refractivity contribution in [1.82, 2.24) is 10.2 Å². The Kier molecular flexibility index (Phi) is 3.73. The molecule has 2 rings (SSSR count). The summed E-state index contributed by atoms with van der Waals surface area (Å²) in [6.45, 7) is 6.97. The topological polar surface area (TPSA) is 58.4 Å². The lowest BCUT2D eigenvalue weighted by Gasteiger charge is -2.19. The minimum Gasteiger partial charge on any atom is -0.356 e. The summed E-state index contributed by atoms with van der Waals surface area (Å²) in [6.07, 6.45) is 4.38. The van der Waals surface area contributed by atoms with Crippen LogP contribution in [0.15, 0.2) is 0 Å². The van der Waals surface area contributed by atoms with Crippen LogP contribution in [0, 0.1) is 5.92 Å². The first kappa shape index (κ1) is 12.8. The lowest BCUT2D eigenvalue weighted by molar-refractivity contribution is -0.122. The fourth-order valence-electron chi connectivity index (χ4n) is 2.54. The van der Waals surface area contributed by atoms with Crippen LogP contribution in [0.4, 0.5) is 0 Å². The third kappa shape index (κ3) is 4.28. The number of nitrogens with zero attached hydrogens (tertiary/aromatic N) is 1. The van der Waals surface area contributed by atoms with Gasteiger partial charge in [-0.25, -0.2) is 0 Å². The molecule has 0 bridgehead atoms. The van der Waals surface area contributed by atoms with Crippen LogP contribution in [-0.2, 0) is 4.79 Å². The molecule has 0 aromatic heterocycles. The quantitative estimate of drug-likeness (QED) is 0.743. The van der Waals surface area contributed by atoms with Gasteiger partial charge in [0.2, 0.25) is 5.91 Å². The van der Waals surface area contributed by atoms with Crippen molar-refractivity contribution in [3.05, 3.63) is 0 Å². The van der Waals surface area contributed by atoms with Crippen molar-refractivity contribution in [3.8, 4) is 0 Å². The van der Waals surface area contributed by atoms with E-state index in [-0.39, 0.29) is 5.91 Å². The van der Waals surface area contributed by atoms with E-state index in [1.807, 2.05) is 13.8 Å². The average Bonchev–Trinajstić information content (AvgIpc) is 2.93. The molecule has 0 aromatic rings. The van der Waals surface area contributed by atoms with E-state index in [2.05, 4.69) is 10.2 Å². The smallest absolute Gasteiger partial charge is 0.221 e. The predicted octanol–water partition coefficient (Wildman–Crippen LogP) is 0.714. The van der Waals surface area contributed by atoms with Gasteiger partial charge < -0.3 is 16.0 Å². The molecule has 1 heterocycles. The van der Waals surface area contributed by atoms with Gasteiger partial charge in [0, 0.05) is 31.1 Å². The number of carbonyl (C=O) groups excluding carboxylic acids is 1. The molecule has 4 nitrogen and oxygen atoms in total. The molecule has 2 fully saturated rings. The van der Waals surface area contributed by atoms with Crippen LogP contribution in [0.1, 0.15) is 39.5 Å². The number of hydrogen-bond donors (Lipinski definition) is 2. The molecule has 1 aliphatic carbocycles. The normalized spacial score (nSPS) is 26.2. The first-order valence-corrected chi connectivity index (χ1v) is 6.74. The molecule has 1 amide bonds. The van der Waals surface area contributed by atoms with E-state index >= 15 is 0 Å². The standard InChI is InChI=1S/C13H25N3O/c1-13(2,14)7-12(17)15-8-10-5-6-16(9-10)11-3-4-11/h10-11H,3-9,14H2,1-2H3,(H,15,17). The van der Waals surface area contributed by atoms with Gasteiger partial charge in [-0.05, 0) is 45.6 Å². The van der Waals surface area contributed by atoms with Gasteiger partial charge in [-0.3, -0.25) is 4.79 Å². The number of rotatable bonds is 5. The van der Waals surface area contributed by atoms with E-state index in [1.165, 1.54) is 25.8 Å². The number of likely N-dealkylation sites (tertiary alicyclic amines) is 1. The zero-order valence-corrected chi connectivity index (χ0v) is 11.0. The second-order valence-electron chi connectivity index (χ2n) is 6.35. The van der Waals surface area contributed by atoms with Crippen molar-refractivity contribution in [2.75, 3.05) is 19.6 Å². The van der Waals surface area contributed by atoms with Crippen molar-refractivity contribution in [2.24, 2.45) is 11.7 Å². The molecule has 1 unspecified atom stereocenters. The van der Waals surface area contributed by atoms with Gasteiger partial charge in [0.25, 0.3) is 0 Å². The summed E-state index contributed by atoms with van der Waals surface area (Å²) < 4.78 is 0. The molecule has 3 N–H and O–H groups in total. The summed E-state index contributed by atoms with van der Waals surface area (Å²) in [5, 5.41) is 3.02. The minimum absolute atomic E-state index is 0.0855. The Labute approximate surface area is 104 Å². The zero-order chi connectivity index (χ0) is 12.5. The third-order valence-corrected chi connectivity index (χ3v) is 3.58. The third-order valence-electron chi connectivity index (χ3n) is 3.58. The molecule has 1 saturated carbocycles. The van der Waals surface area contributed by atoms with Crippen molar-refractivity contribution in [1.29, 1.82) is 0 Å². The first-order valence-electron chi connectivity index (χ1n) is 6.74. The van der Waals surface area contributed by atoms with E-state index in [0.29, 0.717) is 12.3 Å². The maximum absolute atomic E-state index is 11.6. The van der Waals surface area contributed by atoms with Crippen molar-refractivity contribution in [2.45, 2.75) is 51.1 Å². The fourth-order valence-corrected chi connectivity index (χ4v) is 2.54. The summed E-state index contributed by atoms with van der Waals surface area (Å²) in [7, 11) is 0. The van der Waals surface area contributed by atoms with Gasteiger partial charge in [-0.1, -0.05) is 0 Å². The minimum atomic E-state index is -0.403. The molecule has 17 heavy (non-hydrogen) atoms. The van der Waals surface area contributed by atoms with Crippen LogP contribution < -0.4 is 11.1 Å². The monoisotopic (exact) mass is 239 g/mol. The highest BCUT2D eigenvalue weighted by molar-refractivity contribution is 5.77. The Morgan fingerprint density at radius 1 is 1.41 bits per heavy atom. The maximum Gasteiger partial charge on any atom is 0.221 e. The van der Waals surface area contributed by atoms with Gasteiger partial charge >= 0.3 is 0 Å². The largest absolute Gasteiger partial charge is 0.356 e. The second kappa shape index (κ2) is 4.94. The number of nitrogens with one attached hydrogen (secondary N) is 1. The van der Waals surface area contributed by atoms with Gasteiger partial charge in [0.15, 0.2) is 0 Å². The van der Waals surface area contributed by atoms with Crippen LogP contribution >= 0.6 is 0 Å². The summed E-state index contributed by atoms with van der Waals surface area (Å²) in [4.78, 5) is 14.2. The molecule has 2 aliphatic rings. The molecule has 0 aromatic carbocycles. The zero-order valence-electron chi connectivity index (χ0n) is 11.0. The summed E-state index contributed by atoms with van der Waals surface area (Å²) in [5.41, 5.74) is 5.42. The molecule has 1 saturated heterocycles. The van der Waals surface area contributed by atoms with Crippen molar-refractivity contribution < 1.29 is 4.79 Å². The molecule has 98 valence electrons.